The number of carboxylic acids is 1. The van der Waals surface area contributed by atoms with E-state index in [2.05, 4.69) is 25.8 Å². The van der Waals surface area contributed by atoms with Crippen molar-refractivity contribution in [2.24, 2.45) is 5.92 Å². The molecule has 33 heavy (non-hydrogen) atoms. The highest BCUT2D eigenvalue weighted by atomic mass is 32.1. The second kappa shape index (κ2) is 12.3. The van der Waals surface area contributed by atoms with Crippen LogP contribution in [0.2, 0.25) is 0 Å². The molecule has 1 heterocycles. The van der Waals surface area contributed by atoms with Crippen molar-refractivity contribution < 1.29 is 29.2 Å². The maximum atomic E-state index is 11.6. The minimum absolute atomic E-state index is 0.288. The lowest BCUT2D eigenvalue weighted by atomic mass is 9.99. The molecular weight excluding hydrogens is 442 g/mol. The van der Waals surface area contributed by atoms with Gasteiger partial charge in [-0.25, -0.2) is 4.98 Å². The van der Waals surface area contributed by atoms with E-state index < -0.39 is 24.1 Å². The van der Waals surface area contributed by atoms with Gasteiger partial charge >= 0.3 is 5.97 Å². The zero-order valence-corrected chi connectivity index (χ0v) is 21.5. The molecular formula is C25H37NO6S. The Morgan fingerprint density at radius 1 is 1.15 bits per heavy atom. The molecule has 0 aliphatic rings. The molecule has 3 atom stereocenters. The normalized spacial score (nSPS) is 14.2. The first-order chi connectivity index (χ1) is 15.6. The number of carbonyl (C=O) groups is 1. The maximum Gasteiger partial charge on any atom is 0.312 e. The van der Waals surface area contributed by atoms with Gasteiger partial charge in [0.25, 0.3) is 0 Å². The van der Waals surface area contributed by atoms with Gasteiger partial charge in [0.05, 0.1) is 36.9 Å². The topological polar surface area (TPSA) is 98.1 Å². The lowest BCUT2D eigenvalue weighted by molar-refractivity contribution is -0.138. The van der Waals surface area contributed by atoms with Crippen molar-refractivity contribution in [2.45, 2.75) is 72.0 Å². The lowest BCUT2D eigenvalue weighted by Crippen LogP contribution is -2.27. The molecule has 184 valence electrons. The van der Waals surface area contributed by atoms with Crippen molar-refractivity contribution in [1.29, 1.82) is 0 Å². The number of carboxylic acid groups (broad SMARTS) is 1. The van der Waals surface area contributed by atoms with Gasteiger partial charge in [0, 0.05) is 23.5 Å². The van der Waals surface area contributed by atoms with Crippen molar-refractivity contribution in [3.63, 3.8) is 0 Å². The van der Waals surface area contributed by atoms with Crippen LogP contribution in [0.5, 0.6) is 11.5 Å². The Morgan fingerprint density at radius 2 is 1.76 bits per heavy atom. The molecule has 7 nitrogen and oxygen atoms in total. The van der Waals surface area contributed by atoms with E-state index in [1.165, 1.54) is 11.3 Å². The van der Waals surface area contributed by atoms with Gasteiger partial charge in [0.1, 0.15) is 17.6 Å². The van der Waals surface area contributed by atoms with Crippen molar-refractivity contribution in [1.82, 2.24) is 4.98 Å². The summed E-state index contributed by atoms with van der Waals surface area (Å²) in [6.45, 7) is 10.2. The number of benzene rings is 1. The van der Waals surface area contributed by atoms with Gasteiger partial charge in [-0.15, -0.1) is 11.3 Å². The standard InChI is InChI=1S/C25H37NO6S/c1-8-9-21-23(16(5)25(28)29)26-22(33-21)12-20(32-13-14(2)3)24(27)17-10-18(30-6)15(4)19(11-17)31-7/h10-11,14,16,20,24,27H,8-9,12-13H2,1-7H3,(H,28,29). The Labute approximate surface area is 200 Å². The second-order valence-corrected chi connectivity index (χ2v) is 9.86. The van der Waals surface area contributed by atoms with Crippen LogP contribution >= 0.6 is 11.3 Å². The van der Waals surface area contributed by atoms with Crippen molar-refractivity contribution >= 4 is 17.3 Å². The Morgan fingerprint density at radius 3 is 2.24 bits per heavy atom. The van der Waals surface area contributed by atoms with E-state index in [0.29, 0.717) is 35.8 Å². The van der Waals surface area contributed by atoms with E-state index >= 15 is 0 Å². The predicted molar refractivity (Wildman–Crippen MR) is 130 cm³/mol. The Bertz CT molecular complexity index is 901. The number of thiazole rings is 1. The number of aryl methyl sites for hydroxylation is 1. The van der Waals surface area contributed by atoms with Gasteiger partial charge in [-0.1, -0.05) is 27.2 Å². The second-order valence-electron chi connectivity index (χ2n) is 8.69. The summed E-state index contributed by atoms with van der Waals surface area (Å²) in [5.74, 6) is -0.0275. The zero-order chi connectivity index (χ0) is 24.7. The SMILES string of the molecule is CCCc1sc(CC(OCC(C)C)C(O)c2cc(OC)c(C)c(OC)c2)nc1C(C)C(=O)O. The highest BCUT2D eigenvalue weighted by Crippen LogP contribution is 2.35. The van der Waals surface area contributed by atoms with Crippen LogP contribution in [0.1, 0.15) is 72.8 Å². The van der Waals surface area contributed by atoms with Gasteiger partial charge in [-0.05, 0) is 43.9 Å². The van der Waals surface area contributed by atoms with Gasteiger partial charge in [0.15, 0.2) is 0 Å². The number of rotatable bonds is 13. The first-order valence-corrected chi connectivity index (χ1v) is 12.2. The summed E-state index contributed by atoms with van der Waals surface area (Å²) >= 11 is 1.51. The summed E-state index contributed by atoms with van der Waals surface area (Å²) in [5.41, 5.74) is 2.10. The van der Waals surface area contributed by atoms with Crippen LogP contribution in [0.4, 0.5) is 0 Å². The van der Waals surface area contributed by atoms with Crippen LogP contribution in [0.3, 0.4) is 0 Å². The monoisotopic (exact) mass is 479 g/mol. The molecule has 0 fully saturated rings. The minimum atomic E-state index is -0.939. The molecule has 0 aliphatic heterocycles. The van der Waals surface area contributed by atoms with Crippen molar-refractivity contribution in [3.8, 4) is 11.5 Å². The number of ether oxygens (including phenoxy) is 3. The molecule has 1 aromatic carbocycles. The van der Waals surface area contributed by atoms with Crippen molar-refractivity contribution in [2.75, 3.05) is 20.8 Å². The molecule has 2 aromatic rings. The summed E-state index contributed by atoms with van der Waals surface area (Å²) in [5, 5.41) is 21.6. The fourth-order valence-electron chi connectivity index (χ4n) is 3.60. The highest BCUT2D eigenvalue weighted by molar-refractivity contribution is 7.11. The highest BCUT2D eigenvalue weighted by Gasteiger charge is 2.28. The van der Waals surface area contributed by atoms with Gasteiger partial charge < -0.3 is 24.4 Å². The summed E-state index contributed by atoms with van der Waals surface area (Å²) in [6.07, 6.45) is 0.556. The lowest BCUT2D eigenvalue weighted by Gasteiger charge is -2.25. The van der Waals surface area contributed by atoms with Crippen LogP contribution in [-0.2, 0) is 22.4 Å². The number of aliphatic carboxylic acids is 1. The van der Waals surface area contributed by atoms with E-state index in [1.807, 2.05) is 6.92 Å². The van der Waals surface area contributed by atoms with Crippen LogP contribution in [-0.4, -0.2) is 48.1 Å². The van der Waals surface area contributed by atoms with Gasteiger partial charge in [-0.3, -0.25) is 4.79 Å². The predicted octanol–water partition coefficient (Wildman–Crippen LogP) is 4.93. The fourth-order valence-corrected chi connectivity index (χ4v) is 4.91. The van der Waals surface area contributed by atoms with E-state index in [9.17, 15) is 15.0 Å². The number of aromatic nitrogens is 1. The first kappa shape index (κ1) is 27.1. The molecule has 0 radical (unpaired) electrons. The Kier molecular flexibility index (Phi) is 10.1. The van der Waals surface area contributed by atoms with Gasteiger partial charge in [0.2, 0.25) is 0 Å². The van der Waals surface area contributed by atoms with E-state index in [-0.39, 0.29) is 5.92 Å². The average Bonchev–Trinajstić information content (AvgIpc) is 3.17. The molecule has 0 bridgehead atoms. The molecule has 0 saturated heterocycles. The third-order valence-corrected chi connectivity index (χ3v) is 6.67. The zero-order valence-electron chi connectivity index (χ0n) is 20.7. The van der Waals surface area contributed by atoms with E-state index in [0.717, 1.165) is 28.3 Å². The smallest absolute Gasteiger partial charge is 0.312 e. The number of nitrogens with zero attached hydrogens (tertiary/aromatic N) is 1. The van der Waals surface area contributed by atoms with Crippen LogP contribution in [0.15, 0.2) is 12.1 Å². The molecule has 0 spiro atoms. The quantitative estimate of drug-likeness (QED) is 0.420. The summed E-state index contributed by atoms with van der Waals surface area (Å²) in [4.78, 5) is 17.2. The van der Waals surface area contributed by atoms with E-state index in [1.54, 1.807) is 33.3 Å². The molecule has 3 unspecified atom stereocenters. The molecule has 1 aromatic heterocycles. The average molecular weight is 480 g/mol. The van der Waals surface area contributed by atoms with Crippen LogP contribution in [0, 0.1) is 12.8 Å². The number of hydrogen-bond donors (Lipinski definition) is 2. The molecule has 0 aliphatic carbocycles. The Hall–Kier alpha value is -2.16. The first-order valence-electron chi connectivity index (χ1n) is 11.4. The summed E-state index contributed by atoms with van der Waals surface area (Å²) < 4.78 is 17.1. The third kappa shape index (κ3) is 6.91. The molecule has 0 saturated carbocycles. The van der Waals surface area contributed by atoms with Gasteiger partial charge in [-0.2, -0.15) is 0 Å². The Balaban J connectivity index is 2.41. The number of aliphatic hydroxyl groups is 1. The molecule has 8 heteroatoms. The van der Waals surface area contributed by atoms with E-state index in [4.69, 9.17) is 14.2 Å². The summed E-state index contributed by atoms with van der Waals surface area (Å²) in [7, 11) is 3.17. The number of methoxy groups -OCH3 is 2. The maximum absolute atomic E-state index is 11.6. The molecule has 2 N–H and O–H groups in total. The van der Waals surface area contributed by atoms with Crippen LogP contribution < -0.4 is 9.47 Å². The minimum Gasteiger partial charge on any atom is -0.496 e. The number of hydrogen-bond acceptors (Lipinski definition) is 7. The molecule has 2 rings (SSSR count). The largest absolute Gasteiger partial charge is 0.496 e. The molecule has 0 amide bonds. The van der Waals surface area contributed by atoms with Crippen LogP contribution in [0.25, 0.3) is 0 Å². The fraction of sp³-hybridized carbons (Fsp3) is 0.600. The van der Waals surface area contributed by atoms with Crippen molar-refractivity contribution in [3.05, 3.63) is 38.8 Å². The number of aliphatic hydroxyl groups excluding tert-OH is 1. The summed E-state index contributed by atoms with van der Waals surface area (Å²) in [6, 6.07) is 3.60. The third-order valence-electron chi connectivity index (χ3n) is 5.52.